The molecule has 3 rings (SSSR count). The Morgan fingerprint density at radius 2 is 2.15 bits per heavy atom. The number of likely N-dealkylation sites (tertiary alicyclic amines) is 1. The number of rotatable bonds is 6. The molecule has 110 valence electrons. The van der Waals surface area contributed by atoms with E-state index in [0.717, 1.165) is 5.82 Å². The van der Waals surface area contributed by atoms with Crippen LogP contribution in [0.1, 0.15) is 63.5 Å². The summed E-state index contributed by atoms with van der Waals surface area (Å²) in [6, 6.07) is 5.72. The molecule has 0 radical (unpaired) electrons. The number of nitrogens with one attached hydrogen (secondary N) is 1. The van der Waals surface area contributed by atoms with Gasteiger partial charge in [-0.1, -0.05) is 19.4 Å². The fourth-order valence-corrected chi connectivity index (χ4v) is 3.28. The molecule has 0 bridgehead atoms. The molecule has 2 aliphatic rings. The summed E-state index contributed by atoms with van der Waals surface area (Å²) in [5.74, 6) is 1.05. The first-order chi connectivity index (χ1) is 9.86. The van der Waals surface area contributed by atoms with Crippen LogP contribution in [-0.4, -0.2) is 29.0 Å². The van der Waals surface area contributed by atoms with E-state index < -0.39 is 0 Å². The highest BCUT2D eigenvalue weighted by molar-refractivity contribution is 5.38. The first-order valence-electron chi connectivity index (χ1n) is 8.33. The molecular formula is C17H27N3. The molecule has 1 N–H and O–H groups in total. The Kier molecular flexibility index (Phi) is 4.56. The third kappa shape index (κ3) is 3.14. The lowest BCUT2D eigenvalue weighted by molar-refractivity contribution is 0.253. The van der Waals surface area contributed by atoms with Crippen LogP contribution in [0.4, 0.5) is 5.82 Å². The van der Waals surface area contributed by atoms with Gasteiger partial charge >= 0.3 is 0 Å². The fourth-order valence-electron chi connectivity index (χ4n) is 3.28. The van der Waals surface area contributed by atoms with Crippen LogP contribution in [-0.2, 0) is 0 Å². The number of hydrogen-bond acceptors (Lipinski definition) is 3. The quantitative estimate of drug-likeness (QED) is 0.849. The summed E-state index contributed by atoms with van der Waals surface area (Å²) < 4.78 is 0. The third-order valence-electron chi connectivity index (χ3n) is 4.79. The zero-order valence-electron chi connectivity index (χ0n) is 12.6. The van der Waals surface area contributed by atoms with E-state index in [-0.39, 0.29) is 0 Å². The third-order valence-corrected chi connectivity index (χ3v) is 4.79. The van der Waals surface area contributed by atoms with Crippen molar-refractivity contribution in [3.05, 3.63) is 23.9 Å². The monoisotopic (exact) mass is 273 g/mol. The van der Waals surface area contributed by atoms with Gasteiger partial charge in [-0.2, -0.15) is 0 Å². The molecule has 1 aliphatic carbocycles. The van der Waals surface area contributed by atoms with E-state index in [1.807, 2.05) is 0 Å². The molecule has 1 saturated heterocycles. The highest BCUT2D eigenvalue weighted by atomic mass is 15.2. The van der Waals surface area contributed by atoms with E-state index in [4.69, 9.17) is 0 Å². The first-order valence-corrected chi connectivity index (χ1v) is 8.33. The van der Waals surface area contributed by atoms with Crippen LogP contribution in [0.3, 0.4) is 0 Å². The molecule has 1 aromatic rings. The maximum atomic E-state index is 4.62. The molecule has 2 heterocycles. The molecule has 1 unspecified atom stereocenters. The van der Waals surface area contributed by atoms with Gasteiger partial charge in [-0.25, -0.2) is 4.98 Å². The van der Waals surface area contributed by atoms with Gasteiger partial charge in [0.25, 0.3) is 0 Å². The summed E-state index contributed by atoms with van der Waals surface area (Å²) >= 11 is 0. The Bertz CT molecular complexity index is 411. The second-order valence-electron chi connectivity index (χ2n) is 6.30. The van der Waals surface area contributed by atoms with Gasteiger partial charge in [-0.15, -0.1) is 0 Å². The summed E-state index contributed by atoms with van der Waals surface area (Å²) in [5, 5.41) is 3.52. The molecule has 20 heavy (non-hydrogen) atoms. The van der Waals surface area contributed by atoms with Crippen molar-refractivity contribution < 1.29 is 0 Å². The van der Waals surface area contributed by atoms with Gasteiger partial charge in [0.05, 0.1) is 0 Å². The average Bonchev–Trinajstić information content (AvgIpc) is 2.89. The standard InChI is InChI=1S/C17H27N3/c1-2-3-11-20-12-5-8-16(20)14-9-10-17(18-13-14)19-15-6-4-7-15/h9-10,13,15-16H,2-8,11-12H2,1H3,(H,18,19). The van der Waals surface area contributed by atoms with E-state index in [1.54, 1.807) is 0 Å². The van der Waals surface area contributed by atoms with E-state index >= 15 is 0 Å². The number of pyridine rings is 1. The number of nitrogens with zero attached hydrogens (tertiary/aromatic N) is 2. The minimum absolute atomic E-state index is 0.604. The van der Waals surface area contributed by atoms with Gasteiger partial charge in [0.2, 0.25) is 0 Å². The smallest absolute Gasteiger partial charge is 0.126 e. The van der Waals surface area contributed by atoms with E-state index in [0.29, 0.717) is 12.1 Å². The zero-order valence-corrected chi connectivity index (χ0v) is 12.6. The van der Waals surface area contributed by atoms with Crippen LogP contribution in [0.25, 0.3) is 0 Å². The number of aromatic nitrogens is 1. The molecule has 3 nitrogen and oxygen atoms in total. The largest absolute Gasteiger partial charge is 0.367 e. The summed E-state index contributed by atoms with van der Waals surface area (Å²) in [6.45, 7) is 4.77. The van der Waals surface area contributed by atoms with Crippen molar-refractivity contribution in [2.24, 2.45) is 0 Å². The topological polar surface area (TPSA) is 28.2 Å². The number of hydrogen-bond donors (Lipinski definition) is 1. The molecule has 1 atom stereocenters. The van der Waals surface area contributed by atoms with E-state index in [9.17, 15) is 0 Å². The SMILES string of the molecule is CCCCN1CCCC1c1ccc(NC2CCC2)nc1. The Labute approximate surface area is 122 Å². The lowest BCUT2D eigenvalue weighted by Crippen LogP contribution is -2.27. The van der Waals surface area contributed by atoms with Gasteiger partial charge in [0.1, 0.15) is 5.82 Å². The predicted molar refractivity (Wildman–Crippen MR) is 84.0 cm³/mol. The maximum absolute atomic E-state index is 4.62. The summed E-state index contributed by atoms with van der Waals surface area (Å²) in [7, 11) is 0. The molecule has 0 aromatic carbocycles. The Morgan fingerprint density at radius 3 is 2.80 bits per heavy atom. The van der Waals surface area contributed by atoms with Crippen LogP contribution in [0.2, 0.25) is 0 Å². The van der Waals surface area contributed by atoms with Crippen molar-refractivity contribution in [1.29, 1.82) is 0 Å². The second kappa shape index (κ2) is 6.57. The van der Waals surface area contributed by atoms with Crippen LogP contribution in [0, 0.1) is 0 Å². The highest BCUT2D eigenvalue weighted by Gasteiger charge is 2.25. The first kappa shape index (κ1) is 13.9. The second-order valence-corrected chi connectivity index (χ2v) is 6.30. The minimum Gasteiger partial charge on any atom is -0.367 e. The summed E-state index contributed by atoms with van der Waals surface area (Å²) in [6.07, 6.45) is 11.3. The normalized spacial score (nSPS) is 23.8. The maximum Gasteiger partial charge on any atom is 0.126 e. The molecule has 1 aromatic heterocycles. The van der Waals surface area contributed by atoms with Gasteiger partial charge in [-0.3, -0.25) is 4.90 Å². The Morgan fingerprint density at radius 1 is 1.25 bits per heavy atom. The fraction of sp³-hybridized carbons (Fsp3) is 0.706. The molecule has 3 heteroatoms. The molecule has 0 amide bonds. The average molecular weight is 273 g/mol. The van der Waals surface area contributed by atoms with E-state index in [2.05, 4.69) is 40.5 Å². The predicted octanol–water partition coefficient (Wildman–Crippen LogP) is 3.98. The molecule has 1 aliphatic heterocycles. The highest BCUT2D eigenvalue weighted by Crippen LogP contribution is 2.32. The van der Waals surface area contributed by atoms with Gasteiger partial charge < -0.3 is 5.32 Å². The number of anilines is 1. The van der Waals surface area contributed by atoms with Gasteiger partial charge in [-0.05, 0) is 63.2 Å². The molecule has 1 saturated carbocycles. The Hall–Kier alpha value is -1.09. The van der Waals surface area contributed by atoms with Crippen molar-refractivity contribution in [2.75, 3.05) is 18.4 Å². The lowest BCUT2D eigenvalue weighted by atomic mass is 9.93. The van der Waals surface area contributed by atoms with Gasteiger partial charge in [0.15, 0.2) is 0 Å². The van der Waals surface area contributed by atoms with Crippen LogP contribution in [0.15, 0.2) is 18.3 Å². The van der Waals surface area contributed by atoms with Crippen molar-refractivity contribution in [3.8, 4) is 0 Å². The minimum atomic E-state index is 0.604. The van der Waals surface area contributed by atoms with Crippen molar-refractivity contribution in [3.63, 3.8) is 0 Å². The van der Waals surface area contributed by atoms with Crippen molar-refractivity contribution >= 4 is 5.82 Å². The van der Waals surface area contributed by atoms with Crippen LogP contribution < -0.4 is 5.32 Å². The lowest BCUT2D eigenvalue weighted by Gasteiger charge is -2.27. The van der Waals surface area contributed by atoms with Crippen LogP contribution in [0.5, 0.6) is 0 Å². The summed E-state index contributed by atoms with van der Waals surface area (Å²) in [5.41, 5.74) is 1.40. The van der Waals surface area contributed by atoms with E-state index in [1.165, 1.54) is 63.6 Å². The molecule has 0 spiro atoms. The Balaban J connectivity index is 1.60. The zero-order chi connectivity index (χ0) is 13.8. The van der Waals surface area contributed by atoms with Crippen molar-refractivity contribution in [1.82, 2.24) is 9.88 Å². The van der Waals surface area contributed by atoms with Crippen molar-refractivity contribution in [2.45, 2.75) is 64.0 Å². The van der Waals surface area contributed by atoms with Gasteiger partial charge in [0, 0.05) is 18.3 Å². The molecular weight excluding hydrogens is 246 g/mol. The number of unbranched alkanes of at least 4 members (excludes halogenated alkanes) is 1. The van der Waals surface area contributed by atoms with Crippen LogP contribution >= 0.6 is 0 Å². The molecule has 2 fully saturated rings. The summed E-state index contributed by atoms with van der Waals surface area (Å²) in [4.78, 5) is 7.26.